The van der Waals surface area contributed by atoms with Gasteiger partial charge < -0.3 is 4.90 Å². The Bertz CT molecular complexity index is 3270. The average molecular weight is 755 g/mol. The third-order valence-corrected chi connectivity index (χ3v) is 12.2. The third-order valence-electron chi connectivity index (χ3n) is 12.2. The fourth-order valence-electron chi connectivity index (χ4n) is 9.77. The van der Waals surface area contributed by atoms with Crippen molar-refractivity contribution in [2.45, 2.75) is 5.41 Å². The number of aromatic nitrogens is 3. The summed E-state index contributed by atoms with van der Waals surface area (Å²) in [6, 6.07) is 71.8. The Morgan fingerprint density at radius 3 is 1.51 bits per heavy atom. The fourth-order valence-corrected chi connectivity index (χ4v) is 9.77. The van der Waals surface area contributed by atoms with Gasteiger partial charge in [-0.3, -0.25) is 9.36 Å². The minimum atomic E-state index is -0.732. The summed E-state index contributed by atoms with van der Waals surface area (Å²) in [7, 11) is 0. The van der Waals surface area contributed by atoms with Crippen LogP contribution in [0.15, 0.2) is 211 Å². The molecule has 8 aromatic carbocycles. The predicted octanol–water partition coefficient (Wildman–Crippen LogP) is 12.4. The van der Waals surface area contributed by atoms with Gasteiger partial charge in [-0.25, -0.2) is 9.97 Å². The van der Waals surface area contributed by atoms with Crippen molar-refractivity contribution in [1.29, 1.82) is 0 Å². The van der Waals surface area contributed by atoms with E-state index in [1.807, 2.05) is 65.2 Å². The highest BCUT2D eigenvalue weighted by molar-refractivity contribution is 6.09. The predicted molar refractivity (Wildman–Crippen MR) is 239 cm³/mol. The minimum Gasteiger partial charge on any atom is -0.310 e. The normalized spacial score (nSPS) is 13.3. The van der Waals surface area contributed by atoms with Crippen LogP contribution < -0.4 is 10.5 Å². The number of hydrogen-bond donors (Lipinski definition) is 0. The average Bonchev–Trinajstić information content (AvgIpc) is 3.31. The first-order valence-corrected chi connectivity index (χ1v) is 20.0. The molecule has 2 aliphatic heterocycles. The zero-order valence-electron chi connectivity index (χ0n) is 31.8. The second kappa shape index (κ2) is 12.8. The van der Waals surface area contributed by atoms with Crippen molar-refractivity contribution in [3.8, 4) is 39.6 Å². The summed E-state index contributed by atoms with van der Waals surface area (Å²) in [6.07, 6.45) is 0. The van der Waals surface area contributed by atoms with Crippen LogP contribution in [0.3, 0.4) is 0 Å². The summed E-state index contributed by atoms with van der Waals surface area (Å²) >= 11 is 0. The van der Waals surface area contributed by atoms with Crippen molar-refractivity contribution < 1.29 is 0 Å². The molecule has 276 valence electrons. The van der Waals surface area contributed by atoms with Crippen LogP contribution in [0.5, 0.6) is 0 Å². The van der Waals surface area contributed by atoms with Crippen molar-refractivity contribution in [3.63, 3.8) is 0 Å². The Kier molecular flexibility index (Phi) is 7.23. The molecule has 0 saturated heterocycles. The first-order valence-electron chi connectivity index (χ1n) is 20.0. The molecule has 0 radical (unpaired) electrons. The SMILES string of the molecule is O=c1c2ccccc2c2cccc3c2n1-c1ccccc1C31c2ccccc2N(c2cccc(-c3nc(-c4ccccc4)cc(-c4ccccc4)n3)c2)c2ccccc21. The van der Waals surface area contributed by atoms with E-state index in [1.54, 1.807) is 0 Å². The van der Waals surface area contributed by atoms with E-state index in [-0.39, 0.29) is 5.56 Å². The van der Waals surface area contributed by atoms with Crippen molar-refractivity contribution >= 4 is 38.7 Å². The number of para-hydroxylation sites is 4. The van der Waals surface area contributed by atoms with Crippen LogP contribution >= 0.6 is 0 Å². The van der Waals surface area contributed by atoms with Crippen molar-refractivity contribution in [2.24, 2.45) is 0 Å². The smallest absolute Gasteiger partial charge is 0.263 e. The standard InChI is InChI=1S/C54H34N4O/c59-53-41-24-8-7-23-39(41)40-25-16-29-45-51(40)58(53)50-32-14-11-28-44(50)54(45)42-26-9-12-30-48(42)57(49-31-13-10-27-43(49)54)38-22-15-21-37(33-38)52-55-46(35-17-3-1-4-18-35)34-47(56-52)36-19-5-2-6-20-36/h1-34H. The molecular formula is C54H34N4O. The van der Waals surface area contributed by atoms with Gasteiger partial charge in [0.15, 0.2) is 5.82 Å². The van der Waals surface area contributed by atoms with Crippen LogP contribution in [0, 0.1) is 0 Å². The molecule has 0 atom stereocenters. The topological polar surface area (TPSA) is 51.0 Å². The van der Waals surface area contributed by atoms with Crippen LogP contribution in [-0.2, 0) is 5.41 Å². The van der Waals surface area contributed by atoms with Gasteiger partial charge in [-0.1, -0.05) is 164 Å². The lowest BCUT2D eigenvalue weighted by Gasteiger charge is -2.49. The molecule has 10 aromatic rings. The third kappa shape index (κ3) is 4.76. The molecule has 2 aromatic heterocycles. The van der Waals surface area contributed by atoms with Crippen molar-refractivity contribution in [1.82, 2.24) is 14.5 Å². The van der Waals surface area contributed by atoms with Gasteiger partial charge >= 0.3 is 0 Å². The van der Waals surface area contributed by atoms with Gasteiger partial charge in [-0.2, -0.15) is 0 Å². The van der Waals surface area contributed by atoms with Gasteiger partial charge in [0.25, 0.3) is 5.56 Å². The van der Waals surface area contributed by atoms with E-state index >= 15 is 0 Å². The molecule has 0 N–H and O–H groups in total. The minimum absolute atomic E-state index is 0.00681. The van der Waals surface area contributed by atoms with Gasteiger partial charge in [0, 0.05) is 33.2 Å². The van der Waals surface area contributed by atoms with Crippen molar-refractivity contribution in [3.05, 3.63) is 239 Å². The Hall–Kier alpha value is -7.89. The number of rotatable bonds is 4. The summed E-state index contributed by atoms with van der Waals surface area (Å²) in [5.74, 6) is 0.657. The number of hydrogen-bond acceptors (Lipinski definition) is 4. The number of anilines is 3. The highest BCUT2D eigenvalue weighted by Crippen LogP contribution is 2.61. The molecule has 59 heavy (non-hydrogen) atoms. The largest absolute Gasteiger partial charge is 0.310 e. The molecule has 1 spiro atoms. The number of fused-ring (bicyclic) bond motifs is 10. The first-order chi connectivity index (χ1) is 29.2. The Morgan fingerprint density at radius 1 is 0.390 bits per heavy atom. The summed E-state index contributed by atoms with van der Waals surface area (Å²) in [5.41, 5.74) is 13.4. The molecule has 0 fully saturated rings. The Morgan fingerprint density at radius 2 is 0.864 bits per heavy atom. The summed E-state index contributed by atoms with van der Waals surface area (Å²) in [6.45, 7) is 0. The second-order valence-electron chi connectivity index (χ2n) is 15.3. The Labute approximate surface area is 340 Å². The fraction of sp³-hybridized carbons (Fsp3) is 0.0185. The number of benzene rings is 8. The lowest BCUT2D eigenvalue weighted by molar-refractivity contribution is 0.709. The molecule has 5 heteroatoms. The van der Waals surface area contributed by atoms with Crippen LogP contribution in [0.1, 0.15) is 22.3 Å². The number of nitrogens with zero attached hydrogens (tertiary/aromatic N) is 4. The van der Waals surface area contributed by atoms with Gasteiger partial charge in [0.05, 0.1) is 39.4 Å². The quantitative estimate of drug-likeness (QED) is 0.168. The van der Waals surface area contributed by atoms with Gasteiger partial charge in [0.1, 0.15) is 0 Å². The van der Waals surface area contributed by atoms with E-state index in [0.29, 0.717) is 11.2 Å². The van der Waals surface area contributed by atoms with E-state index in [1.165, 1.54) is 0 Å². The molecular weight excluding hydrogens is 721 g/mol. The van der Waals surface area contributed by atoms with Crippen LogP contribution in [0.4, 0.5) is 17.1 Å². The molecule has 0 saturated carbocycles. The van der Waals surface area contributed by atoms with E-state index in [9.17, 15) is 4.79 Å². The first kappa shape index (κ1) is 33.3. The highest BCUT2D eigenvalue weighted by Gasteiger charge is 2.50. The maximum Gasteiger partial charge on any atom is 0.263 e. The van der Waals surface area contributed by atoms with Crippen LogP contribution in [0.25, 0.3) is 61.3 Å². The molecule has 4 heterocycles. The van der Waals surface area contributed by atoms with E-state index in [2.05, 4.69) is 150 Å². The molecule has 12 rings (SSSR count). The summed E-state index contributed by atoms with van der Waals surface area (Å²) in [5, 5.41) is 2.74. The van der Waals surface area contributed by atoms with Crippen molar-refractivity contribution in [2.75, 3.05) is 4.90 Å². The van der Waals surface area contributed by atoms with E-state index in [0.717, 1.165) is 89.4 Å². The number of pyridine rings is 1. The maximum atomic E-state index is 14.6. The monoisotopic (exact) mass is 754 g/mol. The molecule has 2 aliphatic rings. The molecule has 0 aliphatic carbocycles. The van der Waals surface area contributed by atoms with E-state index < -0.39 is 5.41 Å². The zero-order chi connectivity index (χ0) is 39.1. The Balaban J connectivity index is 1.11. The lowest BCUT2D eigenvalue weighted by Crippen LogP contribution is -2.42. The zero-order valence-corrected chi connectivity index (χ0v) is 31.8. The molecule has 0 bridgehead atoms. The second-order valence-corrected chi connectivity index (χ2v) is 15.3. The lowest BCUT2D eigenvalue weighted by atomic mass is 9.60. The van der Waals surface area contributed by atoms with Gasteiger partial charge in [0.2, 0.25) is 0 Å². The molecule has 0 amide bonds. The van der Waals surface area contributed by atoms with E-state index in [4.69, 9.17) is 9.97 Å². The van der Waals surface area contributed by atoms with Crippen LogP contribution in [-0.4, -0.2) is 14.5 Å². The van der Waals surface area contributed by atoms with Crippen LogP contribution in [0.2, 0.25) is 0 Å². The highest BCUT2D eigenvalue weighted by atomic mass is 16.1. The molecule has 5 nitrogen and oxygen atoms in total. The van der Waals surface area contributed by atoms with Gasteiger partial charge in [-0.15, -0.1) is 0 Å². The van der Waals surface area contributed by atoms with Gasteiger partial charge in [-0.05, 0) is 70.1 Å². The summed E-state index contributed by atoms with van der Waals surface area (Å²) in [4.78, 5) is 27.4. The summed E-state index contributed by atoms with van der Waals surface area (Å²) < 4.78 is 1.96. The molecule has 0 unspecified atom stereocenters. The maximum absolute atomic E-state index is 14.6.